The second-order valence-electron chi connectivity index (χ2n) is 5.60. The van der Waals surface area contributed by atoms with Crippen LogP contribution in [-0.2, 0) is 11.3 Å². The van der Waals surface area contributed by atoms with Crippen molar-refractivity contribution in [2.75, 3.05) is 11.9 Å². The molecule has 3 aromatic rings. The lowest BCUT2D eigenvalue weighted by Crippen LogP contribution is -2.22. The summed E-state index contributed by atoms with van der Waals surface area (Å²) in [6, 6.07) is 19.4. The number of rotatable bonds is 6. The summed E-state index contributed by atoms with van der Waals surface area (Å²) in [6.07, 6.45) is 0. The summed E-state index contributed by atoms with van der Waals surface area (Å²) >= 11 is 2.22. The summed E-state index contributed by atoms with van der Waals surface area (Å²) in [4.78, 5) is 12.2. The molecule has 1 amide bonds. The lowest BCUT2D eigenvalue weighted by molar-refractivity contribution is -0.118. The SMILES string of the molecule is Cc1cc(NC(=O)COc2ccc(I)cc2)n(Cc2ccccc2)n1. The molecule has 0 radical (unpaired) electrons. The van der Waals surface area contributed by atoms with E-state index in [9.17, 15) is 4.79 Å². The number of anilines is 1. The molecule has 0 spiro atoms. The average Bonchev–Trinajstić information content (AvgIpc) is 2.94. The van der Waals surface area contributed by atoms with Crippen LogP contribution in [0.3, 0.4) is 0 Å². The summed E-state index contributed by atoms with van der Waals surface area (Å²) in [7, 11) is 0. The molecule has 3 rings (SSSR count). The van der Waals surface area contributed by atoms with Crippen LogP contribution >= 0.6 is 22.6 Å². The van der Waals surface area contributed by atoms with Crippen LogP contribution in [0.15, 0.2) is 60.7 Å². The van der Waals surface area contributed by atoms with Gasteiger partial charge in [-0.1, -0.05) is 30.3 Å². The first-order valence-corrected chi connectivity index (χ1v) is 8.94. The molecule has 0 aliphatic carbocycles. The van der Waals surface area contributed by atoms with Gasteiger partial charge in [0.2, 0.25) is 0 Å². The number of nitrogens with zero attached hydrogens (tertiary/aromatic N) is 2. The van der Waals surface area contributed by atoms with Gasteiger partial charge in [-0.25, -0.2) is 4.68 Å². The van der Waals surface area contributed by atoms with Crippen molar-refractivity contribution in [2.24, 2.45) is 0 Å². The van der Waals surface area contributed by atoms with Crippen LogP contribution in [0.5, 0.6) is 5.75 Å². The van der Waals surface area contributed by atoms with Gasteiger partial charge in [0.15, 0.2) is 6.61 Å². The molecule has 0 fully saturated rings. The van der Waals surface area contributed by atoms with Crippen molar-refractivity contribution in [3.63, 3.8) is 0 Å². The number of hydrogen-bond donors (Lipinski definition) is 1. The van der Waals surface area contributed by atoms with Crippen LogP contribution in [0, 0.1) is 10.5 Å². The molecule has 0 atom stereocenters. The second kappa shape index (κ2) is 8.15. The third-order valence-electron chi connectivity index (χ3n) is 3.53. The smallest absolute Gasteiger partial charge is 0.263 e. The van der Waals surface area contributed by atoms with E-state index < -0.39 is 0 Å². The number of halogens is 1. The fraction of sp³-hybridized carbons (Fsp3) is 0.158. The molecule has 0 unspecified atom stereocenters. The van der Waals surface area contributed by atoms with Crippen LogP contribution in [0.25, 0.3) is 0 Å². The van der Waals surface area contributed by atoms with Crippen molar-refractivity contribution in [1.82, 2.24) is 9.78 Å². The topological polar surface area (TPSA) is 56.1 Å². The average molecular weight is 447 g/mol. The molecule has 0 bridgehead atoms. The molecule has 0 saturated carbocycles. The monoisotopic (exact) mass is 447 g/mol. The number of ether oxygens (including phenoxy) is 1. The van der Waals surface area contributed by atoms with E-state index in [1.807, 2.05) is 67.6 Å². The van der Waals surface area contributed by atoms with Crippen LogP contribution in [0.4, 0.5) is 5.82 Å². The van der Waals surface area contributed by atoms with E-state index in [1.54, 1.807) is 4.68 Å². The summed E-state index contributed by atoms with van der Waals surface area (Å²) < 4.78 is 8.42. The predicted molar refractivity (Wildman–Crippen MR) is 106 cm³/mol. The molecule has 0 saturated heterocycles. The number of carbonyl (C=O) groups is 1. The van der Waals surface area contributed by atoms with Crippen molar-refractivity contribution >= 4 is 34.3 Å². The van der Waals surface area contributed by atoms with Gasteiger partial charge in [0.1, 0.15) is 11.6 Å². The minimum absolute atomic E-state index is 0.0455. The fourth-order valence-corrected chi connectivity index (χ4v) is 2.74. The Morgan fingerprint density at radius 2 is 1.88 bits per heavy atom. The van der Waals surface area contributed by atoms with E-state index in [4.69, 9.17) is 4.74 Å². The molecular formula is C19H18IN3O2. The Morgan fingerprint density at radius 3 is 2.60 bits per heavy atom. The summed E-state index contributed by atoms with van der Waals surface area (Å²) in [5.41, 5.74) is 1.97. The molecule has 128 valence electrons. The summed E-state index contributed by atoms with van der Waals surface area (Å²) in [6.45, 7) is 2.46. The predicted octanol–water partition coefficient (Wildman–Crippen LogP) is 3.86. The van der Waals surface area contributed by atoms with Gasteiger partial charge in [-0.05, 0) is 59.3 Å². The van der Waals surface area contributed by atoms with Crippen molar-refractivity contribution < 1.29 is 9.53 Å². The van der Waals surface area contributed by atoms with Crippen LogP contribution < -0.4 is 10.1 Å². The van der Waals surface area contributed by atoms with Crippen molar-refractivity contribution in [3.8, 4) is 5.75 Å². The number of carbonyl (C=O) groups excluding carboxylic acids is 1. The Kier molecular flexibility index (Phi) is 5.70. The van der Waals surface area contributed by atoms with Gasteiger partial charge in [-0.2, -0.15) is 5.10 Å². The van der Waals surface area contributed by atoms with E-state index in [-0.39, 0.29) is 12.5 Å². The van der Waals surface area contributed by atoms with Gasteiger partial charge < -0.3 is 10.1 Å². The van der Waals surface area contributed by atoms with Gasteiger partial charge in [0, 0.05) is 9.64 Å². The first-order valence-electron chi connectivity index (χ1n) is 7.87. The van der Waals surface area contributed by atoms with E-state index >= 15 is 0 Å². The van der Waals surface area contributed by atoms with Gasteiger partial charge in [-0.15, -0.1) is 0 Å². The zero-order valence-corrected chi connectivity index (χ0v) is 15.9. The maximum absolute atomic E-state index is 12.2. The Labute approximate surface area is 160 Å². The van der Waals surface area contributed by atoms with E-state index in [0.29, 0.717) is 18.1 Å². The Bertz CT molecular complexity index is 845. The highest BCUT2D eigenvalue weighted by molar-refractivity contribution is 14.1. The number of aryl methyl sites for hydroxylation is 1. The number of amides is 1. The summed E-state index contributed by atoms with van der Waals surface area (Å²) in [5.74, 6) is 1.12. The highest BCUT2D eigenvalue weighted by Crippen LogP contribution is 2.15. The minimum Gasteiger partial charge on any atom is -0.484 e. The van der Waals surface area contributed by atoms with Crippen LogP contribution in [0.1, 0.15) is 11.3 Å². The maximum Gasteiger partial charge on any atom is 0.263 e. The standard InChI is InChI=1S/C19H18IN3O2/c1-14-11-18(23(22-14)12-15-5-3-2-4-6-15)21-19(24)13-25-17-9-7-16(20)8-10-17/h2-11H,12-13H2,1H3,(H,21,24). The lowest BCUT2D eigenvalue weighted by atomic mass is 10.2. The second-order valence-corrected chi connectivity index (χ2v) is 6.85. The first-order chi connectivity index (χ1) is 12.1. The third-order valence-corrected chi connectivity index (χ3v) is 4.25. The number of aromatic nitrogens is 2. The minimum atomic E-state index is -0.215. The maximum atomic E-state index is 12.2. The van der Waals surface area contributed by atoms with Gasteiger partial charge >= 0.3 is 0 Å². The zero-order chi connectivity index (χ0) is 17.6. The van der Waals surface area contributed by atoms with Crippen LogP contribution in [0.2, 0.25) is 0 Å². The van der Waals surface area contributed by atoms with Crippen LogP contribution in [-0.4, -0.2) is 22.3 Å². The highest BCUT2D eigenvalue weighted by atomic mass is 127. The Morgan fingerprint density at radius 1 is 1.16 bits per heavy atom. The molecule has 5 nitrogen and oxygen atoms in total. The third kappa shape index (κ3) is 5.06. The van der Waals surface area contributed by atoms with Crippen molar-refractivity contribution in [1.29, 1.82) is 0 Å². The number of hydrogen-bond acceptors (Lipinski definition) is 3. The lowest BCUT2D eigenvalue weighted by Gasteiger charge is -2.10. The largest absolute Gasteiger partial charge is 0.484 e. The van der Waals surface area contributed by atoms with Gasteiger partial charge in [0.25, 0.3) is 5.91 Å². The molecule has 0 aliphatic heterocycles. The molecule has 2 aromatic carbocycles. The molecule has 6 heteroatoms. The zero-order valence-electron chi connectivity index (χ0n) is 13.8. The molecule has 0 aliphatic rings. The normalized spacial score (nSPS) is 10.5. The van der Waals surface area contributed by atoms with Gasteiger partial charge in [-0.3, -0.25) is 4.79 Å². The van der Waals surface area contributed by atoms with E-state index in [0.717, 1.165) is 14.8 Å². The Balaban J connectivity index is 1.62. The number of benzene rings is 2. The first kappa shape index (κ1) is 17.5. The quantitative estimate of drug-likeness (QED) is 0.584. The highest BCUT2D eigenvalue weighted by Gasteiger charge is 2.10. The van der Waals surface area contributed by atoms with Gasteiger partial charge in [0.05, 0.1) is 12.2 Å². The molecule has 1 N–H and O–H groups in total. The molecular weight excluding hydrogens is 429 g/mol. The van der Waals surface area contributed by atoms with Crippen molar-refractivity contribution in [2.45, 2.75) is 13.5 Å². The number of nitrogens with one attached hydrogen (secondary N) is 1. The molecule has 25 heavy (non-hydrogen) atoms. The fourth-order valence-electron chi connectivity index (χ4n) is 2.38. The molecule has 1 heterocycles. The van der Waals surface area contributed by atoms with E-state index in [1.165, 1.54) is 0 Å². The Hall–Kier alpha value is -2.35. The van der Waals surface area contributed by atoms with E-state index in [2.05, 4.69) is 33.0 Å². The molecule has 1 aromatic heterocycles. The summed E-state index contributed by atoms with van der Waals surface area (Å²) in [5, 5.41) is 7.32. The van der Waals surface area contributed by atoms with Crippen molar-refractivity contribution in [3.05, 3.63) is 75.5 Å².